The second kappa shape index (κ2) is 9.67. The molecule has 3 aliphatic heterocycles. The van der Waals surface area contributed by atoms with Crippen molar-refractivity contribution < 1.29 is 4.79 Å². The molecule has 1 N–H and O–H groups in total. The van der Waals surface area contributed by atoms with Gasteiger partial charge in [0.2, 0.25) is 5.91 Å². The number of rotatable bonds is 5. The minimum Gasteiger partial charge on any atom is -0.373 e. The predicted octanol–water partition coefficient (Wildman–Crippen LogP) is 3.40. The number of fused-ring (bicyclic) bond motifs is 1. The van der Waals surface area contributed by atoms with Gasteiger partial charge in [-0.1, -0.05) is 18.2 Å². The molecule has 1 atom stereocenters. The fraction of sp³-hybridized carbons (Fsp3) is 0.577. The average Bonchev–Trinajstić information content (AvgIpc) is 3.38. The Bertz CT molecular complexity index is 1000. The van der Waals surface area contributed by atoms with Crippen molar-refractivity contribution in [1.29, 1.82) is 0 Å². The zero-order chi connectivity index (χ0) is 22.8. The minimum absolute atomic E-state index is 0.148. The van der Waals surface area contributed by atoms with Crippen molar-refractivity contribution in [2.45, 2.75) is 58.0 Å². The van der Waals surface area contributed by atoms with Crippen LogP contribution in [0.15, 0.2) is 24.3 Å². The topological polar surface area (TPSA) is 64.6 Å². The van der Waals surface area contributed by atoms with E-state index >= 15 is 0 Å². The maximum absolute atomic E-state index is 11.9. The Morgan fingerprint density at radius 2 is 1.91 bits per heavy atom. The van der Waals surface area contributed by atoms with Crippen LogP contribution < -0.4 is 10.2 Å². The van der Waals surface area contributed by atoms with E-state index in [1.165, 1.54) is 42.7 Å². The maximum atomic E-state index is 11.9. The predicted molar refractivity (Wildman–Crippen MR) is 132 cm³/mol. The Morgan fingerprint density at radius 1 is 1.09 bits per heavy atom. The molecule has 3 aliphatic rings. The van der Waals surface area contributed by atoms with Crippen LogP contribution in [0.1, 0.15) is 61.2 Å². The molecule has 7 nitrogen and oxygen atoms in total. The van der Waals surface area contributed by atoms with Gasteiger partial charge in [-0.2, -0.15) is 0 Å². The number of likely N-dealkylation sites (tertiary alicyclic amines) is 1. The number of carbonyl (C=O) groups is 1. The van der Waals surface area contributed by atoms with Gasteiger partial charge < -0.3 is 15.1 Å². The Morgan fingerprint density at radius 3 is 2.70 bits per heavy atom. The van der Waals surface area contributed by atoms with Crippen molar-refractivity contribution in [3.63, 3.8) is 0 Å². The molecule has 2 aromatic rings. The van der Waals surface area contributed by atoms with Crippen molar-refractivity contribution >= 4 is 17.4 Å². The van der Waals surface area contributed by atoms with Crippen LogP contribution in [0.2, 0.25) is 0 Å². The highest BCUT2D eigenvalue weighted by Crippen LogP contribution is 2.31. The summed E-state index contributed by atoms with van der Waals surface area (Å²) in [6.07, 6.45) is 5.60. The number of carbonyl (C=O) groups excluding carboxylic acids is 1. The van der Waals surface area contributed by atoms with Crippen LogP contribution in [0.5, 0.6) is 0 Å². The molecule has 7 heteroatoms. The van der Waals surface area contributed by atoms with Crippen LogP contribution in [0.25, 0.3) is 0 Å². The number of nitrogens with zero attached hydrogens (tertiary/aromatic N) is 5. The van der Waals surface area contributed by atoms with Crippen LogP contribution in [-0.4, -0.2) is 65.4 Å². The second-order valence-corrected chi connectivity index (χ2v) is 9.69. The lowest BCUT2D eigenvalue weighted by atomic mass is 9.96. The third-order valence-corrected chi connectivity index (χ3v) is 7.46. The quantitative estimate of drug-likeness (QED) is 0.756. The number of piperidine rings is 1. The fourth-order valence-corrected chi connectivity index (χ4v) is 5.65. The lowest BCUT2D eigenvalue weighted by molar-refractivity contribution is -0.130. The standard InChI is InChI=1S/C26H36N6O/c1-19(33)32-14-7-9-21(17-32)25-28-23-18-30(15-11-22(23)26(27-2)29-25)16-20-8-3-4-10-24(20)31-12-5-6-13-31/h3-4,8,10,21H,5-7,9,11-18H2,1-2H3,(H,27,28,29). The van der Waals surface area contributed by atoms with Gasteiger partial charge in [0, 0.05) is 77.0 Å². The summed E-state index contributed by atoms with van der Waals surface area (Å²) in [5.41, 5.74) is 5.21. The van der Waals surface area contributed by atoms with Gasteiger partial charge in [-0.05, 0) is 43.7 Å². The number of para-hydroxylation sites is 1. The third-order valence-electron chi connectivity index (χ3n) is 7.46. The summed E-state index contributed by atoms with van der Waals surface area (Å²) < 4.78 is 0. The number of amides is 1. The first-order chi connectivity index (χ1) is 16.1. The van der Waals surface area contributed by atoms with Crippen LogP contribution in [0.4, 0.5) is 11.5 Å². The summed E-state index contributed by atoms with van der Waals surface area (Å²) in [4.78, 5) is 28.9. The van der Waals surface area contributed by atoms with E-state index in [-0.39, 0.29) is 11.8 Å². The molecule has 0 spiro atoms. The second-order valence-electron chi connectivity index (χ2n) is 9.69. The SMILES string of the molecule is CNc1nc(C2CCCN(C(C)=O)C2)nc2c1CCN(Cc1ccccc1N1CCCC1)C2. The lowest BCUT2D eigenvalue weighted by Gasteiger charge is -2.33. The molecule has 0 saturated carbocycles. The van der Waals surface area contributed by atoms with Gasteiger partial charge in [0.05, 0.1) is 5.69 Å². The third kappa shape index (κ3) is 4.69. The van der Waals surface area contributed by atoms with Gasteiger partial charge in [-0.15, -0.1) is 0 Å². The number of aromatic nitrogens is 2. The number of nitrogens with one attached hydrogen (secondary N) is 1. The molecule has 1 aromatic heterocycles. The van der Waals surface area contributed by atoms with E-state index in [9.17, 15) is 4.79 Å². The van der Waals surface area contributed by atoms with Crippen molar-refractivity contribution in [1.82, 2.24) is 19.8 Å². The zero-order valence-electron chi connectivity index (χ0n) is 20.0. The summed E-state index contributed by atoms with van der Waals surface area (Å²) in [6.45, 7) is 8.37. The van der Waals surface area contributed by atoms with Crippen LogP contribution in [0.3, 0.4) is 0 Å². The summed E-state index contributed by atoms with van der Waals surface area (Å²) >= 11 is 0. The van der Waals surface area contributed by atoms with Crippen LogP contribution in [0, 0.1) is 0 Å². The Hall–Kier alpha value is -2.67. The van der Waals surface area contributed by atoms with Gasteiger partial charge >= 0.3 is 0 Å². The van der Waals surface area contributed by atoms with Gasteiger partial charge in [0.1, 0.15) is 11.6 Å². The largest absolute Gasteiger partial charge is 0.373 e. The van der Waals surface area contributed by atoms with E-state index in [2.05, 4.69) is 39.4 Å². The first-order valence-corrected chi connectivity index (χ1v) is 12.5. The first-order valence-electron chi connectivity index (χ1n) is 12.5. The van der Waals surface area contributed by atoms with E-state index in [4.69, 9.17) is 9.97 Å². The molecular weight excluding hydrogens is 412 g/mol. The van der Waals surface area contributed by atoms with Gasteiger partial charge in [0.25, 0.3) is 0 Å². The van der Waals surface area contributed by atoms with Gasteiger partial charge in [-0.3, -0.25) is 9.69 Å². The number of hydrogen-bond acceptors (Lipinski definition) is 6. The van der Waals surface area contributed by atoms with E-state index in [0.717, 1.165) is 69.3 Å². The van der Waals surface area contributed by atoms with Crippen molar-refractivity contribution in [2.75, 3.05) is 50.0 Å². The van der Waals surface area contributed by atoms with Crippen LogP contribution in [-0.2, 0) is 24.3 Å². The molecule has 2 saturated heterocycles. The van der Waals surface area contributed by atoms with Crippen molar-refractivity contribution in [2.24, 2.45) is 0 Å². The molecule has 1 amide bonds. The highest BCUT2D eigenvalue weighted by Gasteiger charge is 2.29. The molecule has 33 heavy (non-hydrogen) atoms. The summed E-state index contributed by atoms with van der Waals surface area (Å²) in [5.74, 6) is 2.22. The zero-order valence-corrected chi connectivity index (χ0v) is 20.0. The smallest absolute Gasteiger partial charge is 0.219 e. The molecular formula is C26H36N6O. The molecule has 5 rings (SSSR count). The highest BCUT2D eigenvalue weighted by atomic mass is 16.2. The number of anilines is 2. The molecule has 1 aromatic carbocycles. The molecule has 176 valence electrons. The maximum Gasteiger partial charge on any atom is 0.219 e. The molecule has 1 unspecified atom stereocenters. The molecule has 4 heterocycles. The Balaban J connectivity index is 1.36. The highest BCUT2D eigenvalue weighted by molar-refractivity contribution is 5.73. The number of benzene rings is 1. The monoisotopic (exact) mass is 448 g/mol. The van der Waals surface area contributed by atoms with E-state index in [1.54, 1.807) is 6.92 Å². The summed E-state index contributed by atoms with van der Waals surface area (Å²) in [7, 11) is 1.95. The summed E-state index contributed by atoms with van der Waals surface area (Å²) in [5, 5.41) is 3.32. The molecule has 0 aliphatic carbocycles. The molecule has 0 radical (unpaired) electrons. The lowest BCUT2D eigenvalue weighted by Crippen LogP contribution is -2.38. The first kappa shape index (κ1) is 22.1. The van der Waals surface area contributed by atoms with Gasteiger partial charge in [-0.25, -0.2) is 9.97 Å². The van der Waals surface area contributed by atoms with Gasteiger partial charge in [0.15, 0.2) is 0 Å². The fourth-order valence-electron chi connectivity index (χ4n) is 5.65. The molecule has 0 bridgehead atoms. The van der Waals surface area contributed by atoms with E-state index in [1.807, 2.05) is 11.9 Å². The Labute approximate surface area is 197 Å². The van der Waals surface area contributed by atoms with Crippen LogP contribution >= 0.6 is 0 Å². The average molecular weight is 449 g/mol. The van der Waals surface area contributed by atoms with E-state index in [0.29, 0.717) is 0 Å². The minimum atomic E-state index is 0.148. The molecule has 2 fully saturated rings. The number of hydrogen-bond donors (Lipinski definition) is 1. The summed E-state index contributed by atoms with van der Waals surface area (Å²) in [6, 6.07) is 8.89. The van der Waals surface area contributed by atoms with E-state index < -0.39 is 0 Å². The Kier molecular flexibility index (Phi) is 6.49. The van der Waals surface area contributed by atoms with Crippen molar-refractivity contribution in [3.05, 3.63) is 46.9 Å². The normalized spacial score (nSPS) is 21.2. The van der Waals surface area contributed by atoms with Crippen molar-refractivity contribution in [3.8, 4) is 0 Å².